The highest BCUT2D eigenvalue weighted by Gasteiger charge is 2.32. The van der Waals surface area contributed by atoms with Crippen molar-refractivity contribution in [3.63, 3.8) is 0 Å². The average molecular weight is 285 g/mol. The summed E-state index contributed by atoms with van der Waals surface area (Å²) in [5.41, 5.74) is 0.347. The molecule has 0 saturated carbocycles. The Labute approximate surface area is 124 Å². The zero-order valence-corrected chi connectivity index (χ0v) is 11.9. The largest absolute Gasteiger partial charge is 0.396 e. The molecule has 4 nitrogen and oxygen atoms in total. The van der Waals surface area contributed by atoms with Crippen LogP contribution >= 0.6 is 0 Å². The molecule has 1 atom stereocenters. The Balaban J connectivity index is 2.22. The van der Waals surface area contributed by atoms with Crippen LogP contribution in [0.1, 0.15) is 18.1 Å². The van der Waals surface area contributed by atoms with Gasteiger partial charge < -0.3 is 15.5 Å². The van der Waals surface area contributed by atoms with Gasteiger partial charge >= 0.3 is 0 Å². The molecule has 2 rings (SSSR count). The highest BCUT2D eigenvalue weighted by molar-refractivity contribution is 5.98. The van der Waals surface area contributed by atoms with E-state index in [0.717, 1.165) is 5.56 Å². The van der Waals surface area contributed by atoms with E-state index in [1.807, 2.05) is 18.2 Å². The van der Waals surface area contributed by atoms with Crippen molar-refractivity contribution in [2.45, 2.75) is 18.9 Å². The fraction of sp³-hybridized carbons (Fsp3) is 0.235. The van der Waals surface area contributed by atoms with E-state index in [2.05, 4.69) is 5.32 Å². The third kappa shape index (κ3) is 3.48. The number of aliphatic hydroxyl groups is 2. The monoisotopic (exact) mass is 285 g/mol. The first kappa shape index (κ1) is 15.2. The van der Waals surface area contributed by atoms with Crippen molar-refractivity contribution in [3.05, 3.63) is 65.7 Å². The molecule has 0 radical (unpaired) electrons. The standard InChI is InChI=1S/C17H19NO3/c1-17(21,14-8-3-2-4-9-14)16(20)18-15-10-6-5-7-13(15)11-12-19/h2-10,19,21H,11-12H2,1H3,(H,18,20)/t17-/m0/s1. The molecule has 4 heteroatoms. The summed E-state index contributed by atoms with van der Waals surface area (Å²) in [5.74, 6) is -0.501. The normalized spacial score (nSPS) is 13.5. The van der Waals surface area contributed by atoms with Crippen molar-refractivity contribution in [1.29, 1.82) is 0 Å². The summed E-state index contributed by atoms with van der Waals surface area (Å²) in [6, 6.07) is 16.0. The smallest absolute Gasteiger partial charge is 0.260 e. The van der Waals surface area contributed by atoms with Crippen LogP contribution in [-0.2, 0) is 16.8 Å². The van der Waals surface area contributed by atoms with Crippen molar-refractivity contribution in [2.75, 3.05) is 11.9 Å². The summed E-state index contributed by atoms with van der Waals surface area (Å²) < 4.78 is 0. The third-order valence-corrected chi connectivity index (χ3v) is 3.42. The van der Waals surface area contributed by atoms with E-state index in [4.69, 9.17) is 5.11 Å². The number of aliphatic hydroxyl groups excluding tert-OH is 1. The van der Waals surface area contributed by atoms with E-state index in [-0.39, 0.29) is 6.61 Å². The number of benzene rings is 2. The van der Waals surface area contributed by atoms with Crippen molar-refractivity contribution < 1.29 is 15.0 Å². The third-order valence-electron chi connectivity index (χ3n) is 3.42. The molecule has 2 aromatic carbocycles. The minimum atomic E-state index is -1.62. The zero-order chi connectivity index (χ0) is 15.3. The fourth-order valence-corrected chi connectivity index (χ4v) is 2.12. The molecular formula is C17H19NO3. The maximum absolute atomic E-state index is 12.4. The van der Waals surface area contributed by atoms with E-state index in [9.17, 15) is 9.90 Å². The van der Waals surface area contributed by atoms with Gasteiger partial charge in [0.25, 0.3) is 5.91 Å². The molecule has 21 heavy (non-hydrogen) atoms. The first-order valence-electron chi connectivity index (χ1n) is 6.84. The Morgan fingerprint density at radius 3 is 2.38 bits per heavy atom. The van der Waals surface area contributed by atoms with Crippen molar-refractivity contribution in [3.8, 4) is 0 Å². The molecule has 0 spiro atoms. The molecule has 0 saturated heterocycles. The SMILES string of the molecule is C[C@@](O)(C(=O)Nc1ccccc1CCO)c1ccccc1. The maximum atomic E-state index is 12.4. The minimum Gasteiger partial charge on any atom is -0.396 e. The van der Waals surface area contributed by atoms with E-state index in [0.29, 0.717) is 17.7 Å². The maximum Gasteiger partial charge on any atom is 0.260 e. The molecule has 0 aliphatic heterocycles. The summed E-state index contributed by atoms with van der Waals surface area (Å²) in [6.45, 7) is 1.47. The van der Waals surface area contributed by atoms with Crippen LogP contribution in [0.5, 0.6) is 0 Å². The van der Waals surface area contributed by atoms with Crippen molar-refractivity contribution in [1.82, 2.24) is 0 Å². The van der Waals surface area contributed by atoms with Crippen LogP contribution in [0.4, 0.5) is 5.69 Å². The Morgan fingerprint density at radius 1 is 1.10 bits per heavy atom. The highest BCUT2D eigenvalue weighted by atomic mass is 16.3. The molecule has 2 aromatic rings. The molecule has 0 aliphatic carbocycles. The van der Waals surface area contributed by atoms with Crippen LogP contribution in [-0.4, -0.2) is 22.7 Å². The topological polar surface area (TPSA) is 69.6 Å². The molecule has 0 unspecified atom stereocenters. The van der Waals surface area contributed by atoms with Crippen LogP contribution < -0.4 is 5.32 Å². The van der Waals surface area contributed by atoms with Gasteiger partial charge in [0.15, 0.2) is 5.60 Å². The molecular weight excluding hydrogens is 266 g/mol. The second-order valence-corrected chi connectivity index (χ2v) is 5.02. The van der Waals surface area contributed by atoms with E-state index in [1.54, 1.807) is 36.4 Å². The Morgan fingerprint density at radius 2 is 1.71 bits per heavy atom. The summed E-state index contributed by atoms with van der Waals surface area (Å²) in [4.78, 5) is 12.4. The van der Waals surface area contributed by atoms with Gasteiger partial charge in [-0.2, -0.15) is 0 Å². The van der Waals surface area contributed by atoms with Crippen LogP contribution in [0, 0.1) is 0 Å². The van der Waals surface area contributed by atoms with Gasteiger partial charge in [-0.05, 0) is 30.5 Å². The number of carbonyl (C=O) groups excluding carboxylic acids is 1. The minimum absolute atomic E-state index is 0.00195. The first-order chi connectivity index (χ1) is 10.1. The number of para-hydroxylation sites is 1. The van der Waals surface area contributed by atoms with Gasteiger partial charge in [0, 0.05) is 12.3 Å². The van der Waals surface area contributed by atoms with E-state index >= 15 is 0 Å². The van der Waals surface area contributed by atoms with Gasteiger partial charge in [-0.1, -0.05) is 48.5 Å². The van der Waals surface area contributed by atoms with Crippen LogP contribution in [0.3, 0.4) is 0 Å². The van der Waals surface area contributed by atoms with E-state index < -0.39 is 11.5 Å². The van der Waals surface area contributed by atoms with Crippen molar-refractivity contribution in [2.24, 2.45) is 0 Å². The lowest BCUT2D eigenvalue weighted by atomic mass is 9.95. The van der Waals surface area contributed by atoms with Crippen LogP contribution in [0.15, 0.2) is 54.6 Å². The molecule has 1 amide bonds. The molecule has 0 heterocycles. The Hall–Kier alpha value is -2.17. The van der Waals surface area contributed by atoms with Gasteiger partial charge in [-0.15, -0.1) is 0 Å². The number of hydrogen-bond acceptors (Lipinski definition) is 3. The second kappa shape index (κ2) is 6.52. The first-order valence-corrected chi connectivity index (χ1v) is 6.84. The van der Waals surface area contributed by atoms with Gasteiger partial charge in [-0.3, -0.25) is 4.79 Å². The lowest BCUT2D eigenvalue weighted by molar-refractivity contribution is -0.133. The second-order valence-electron chi connectivity index (χ2n) is 5.02. The van der Waals surface area contributed by atoms with Gasteiger partial charge in [0.1, 0.15) is 0 Å². The molecule has 3 N–H and O–H groups in total. The number of nitrogens with one attached hydrogen (secondary N) is 1. The average Bonchev–Trinajstić information content (AvgIpc) is 2.50. The summed E-state index contributed by atoms with van der Waals surface area (Å²) in [7, 11) is 0. The Kier molecular flexibility index (Phi) is 4.73. The highest BCUT2D eigenvalue weighted by Crippen LogP contribution is 2.24. The van der Waals surface area contributed by atoms with Gasteiger partial charge in [0.05, 0.1) is 0 Å². The fourth-order valence-electron chi connectivity index (χ4n) is 2.12. The van der Waals surface area contributed by atoms with E-state index in [1.165, 1.54) is 6.92 Å². The number of amides is 1. The number of rotatable bonds is 5. The molecule has 0 aromatic heterocycles. The summed E-state index contributed by atoms with van der Waals surface area (Å²) in [6.07, 6.45) is 0.448. The van der Waals surface area contributed by atoms with Crippen molar-refractivity contribution >= 4 is 11.6 Å². The molecule has 0 bridgehead atoms. The molecule has 0 aliphatic rings. The number of anilines is 1. The number of carbonyl (C=O) groups is 1. The lowest BCUT2D eigenvalue weighted by Crippen LogP contribution is -2.37. The van der Waals surface area contributed by atoms with Gasteiger partial charge in [0.2, 0.25) is 0 Å². The lowest BCUT2D eigenvalue weighted by Gasteiger charge is -2.23. The van der Waals surface area contributed by atoms with Crippen LogP contribution in [0.25, 0.3) is 0 Å². The van der Waals surface area contributed by atoms with Crippen LogP contribution in [0.2, 0.25) is 0 Å². The zero-order valence-electron chi connectivity index (χ0n) is 11.9. The summed E-state index contributed by atoms with van der Waals surface area (Å²) >= 11 is 0. The van der Waals surface area contributed by atoms with Gasteiger partial charge in [-0.25, -0.2) is 0 Å². The number of hydrogen-bond donors (Lipinski definition) is 3. The summed E-state index contributed by atoms with van der Waals surface area (Å²) in [5, 5.41) is 22.3. The predicted molar refractivity (Wildman–Crippen MR) is 81.9 cm³/mol. The quantitative estimate of drug-likeness (QED) is 0.787. The predicted octanol–water partition coefficient (Wildman–Crippen LogP) is 2.07. The molecule has 0 fully saturated rings. The Bertz CT molecular complexity index is 608. The molecule has 110 valence electrons.